The maximum Gasteiger partial charge on any atom is 0.433 e. The summed E-state index contributed by atoms with van der Waals surface area (Å²) in [6.07, 6.45) is 2.69. The van der Waals surface area contributed by atoms with Crippen molar-refractivity contribution in [2.45, 2.75) is 19.1 Å². The molecule has 0 aliphatic heterocycles. The topological polar surface area (TPSA) is 66.5 Å². The van der Waals surface area contributed by atoms with Crippen LogP contribution in [-0.2, 0) is 19.1 Å². The number of nitrogens with zero attached hydrogens (tertiary/aromatic N) is 3. The molecule has 0 unspecified atom stereocenters. The van der Waals surface area contributed by atoms with Crippen LogP contribution in [0.2, 0.25) is 5.02 Å². The van der Waals surface area contributed by atoms with E-state index in [1.54, 1.807) is 12.4 Å². The zero-order valence-electron chi connectivity index (χ0n) is 15.8. The summed E-state index contributed by atoms with van der Waals surface area (Å²) >= 11 is 6.03. The zero-order valence-corrected chi connectivity index (χ0v) is 18.2. The third kappa shape index (κ3) is 6.00. The normalized spacial score (nSPS) is 11.0. The largest absolute Gasteiger partial charge is 0.433 e. The van der Waals surface area contributed by atoms with Crippen molar-refractivity contribution in [2.24, 2.45) is 0 Å². The number of alkyl halides is 3. The van der Waals surface area contributed by atoms with Crippen LogP contribution in [0.4, 0.5) is 19.0 Å². The number of rotatable bonds is 5. The number of pyridine rings is 3. The van der Waals surface area contributed by atoms with E-state index in [0.717, 1.165) is 28.2 Å². The van der Waals surface area contributed by atoms with Gasteiger partial charge in [0, 0.05) is 43.1 Å². The van der Waals surface area contributed by atoms with Gasteiger partial charge in [-0.15, -0.1) is 24.8 Å². The molecule has 2 N–H and O–H groups in total. The quantitative estimate of drug-likeness (QED) is 0.356. The minimum Gasteiger partial charge on any atom is -0.366 e. The standard InChI is InChI=1S/C20H15ClF3N5.2ClH/c21-15-6-16-14(10-28-19(16)29-11-15)5-12-2-4-18(26-7-12)27-9-13-1-3-17(25-8-13)20(22,23)24;;/h1-4,6-8,10-11H,5,9H2,(H,26,27)(H,28,29);2*1H. The molecule has 4 rings (SSSR count). The molecule has 4 aromatic heterocycles. The Balaban J connectivity index is 0.00000171. The minimum atomic E-state index is -4.43. The van der Waals surface area contributed by atoms with Crippen LogP contribution in [0.25, 0.3) is 11.0 Å². The van der Waals surface area contributed by atoms with Gasteiger partial charge in [0.25, 0.3) is 0 Å². The molecule has 0 atom stereocenters. The molecule has 4 aromatic rings. The molecule has 0 aromatic carbocycles. The van der Waals surface area contributed by atoms with Gasteiger partial charge in [0.05, 0.1) is 5.02 Å². The summed E-state index contributed by atoms with van der Waals surface area (Å²) in [5, 5.41) is 4.62. The Hall–Kier alpha value is -2.55. The van der Waals surface area contributed by atoms with Crippen LogP contribution < -0.4 is 5.32 Å². The number of hydrogen-bond donors (Lipinski definition) is 2. The summed E-state index contributed by atoms with van der Waals surface area (Å²) in [5.41, 5.74) is 2.58. The number of H-pyrrole nitrogens is 1. The second-order valence-electron chi connectivity index (χ2n) is 6.50. The SMILES string of the molecule is Cl.Cl.FC(F)(F)c1ccc(CNc2ccc(Cc3c[nH]c4ncc(Cl)cc34)cn2)cn1. The first-order valence-corrected chi connectivity index (χ1v) is 9.09. The van der Waals surface area contributed by atoms with Crippen molar-refractivity contribution in [3.8, 4) is 0 Å². The number of aromatic nitrogens is 4. The van der Waals surface area contributed by atoms with Gasteiger partial charge in [0.15, 0.2) is 0 Å². The maximum absolute atomic E-state index is 12.5. The molecule has 4 heterocycles. The lowest BCUT2D eigenvalue weighted by Gasteiger charge is -2.08. The number of halogens is 6. The Morgan fingerprint density at radius 3 is 2.32 bits per heavy atom. The van der Waals surface area contributed by atoms with Gasteiger partial charge in [-0.3, -0.25) is 4.98 Å². The third-order valence-electron chi connectivity index (χ3n) is 4.39. The highest BCUT2D eigenvalue weighted by Gasteiger charge is 2.31. The lowest BCUT2D eigenvalue weighted by molar-refractivity contribution is -0.141. The third-order valence-corrected chi connectivity index (χ3v) is 4.60. The number of anilines is 1. The van der Waals surface area contributed by atoms with Crippen LogP contribution in [0.1, 0.15) is 22.4 Å². The lowest BCUT2D eigenvalue weighted by atomic mass is 10.1. The highest BCUT2D eigenvalue weighted by atomic mass is 35.5. The van der Waals surface area contributed by atoms with Crippen molar-refractivity contribution in [1.29, 1.82) is 0 Å². The van der Waals surface area contributed by atoms with Crippen molar-refractivity contribution in [2.75, 3.05) is 5.32 Å². The number of nitrogens with one attached hydrogen (secondary N) is 2. The fourth-order valence-electron chi connectivity index (χ4n) is 2.92. The van der Waals surface area contributed by atoms with E-state index in [1.807, 2.05) is 24.4 Å². The van der Waals surface area contributed by atoms with Gasteiger partial charge in [0.1, 0.15) is 17.2 Å². The van der Waals surface area contributed by atoms with Crippen LogP contribution in [0, 0.1) is 0 Å². The maximum atomic E-state index is 12.5. The highest BCUT2D eigenvalue weighted by molar-refractivity contribution is 6.31. The van der Waals surface area contributed by atoms with Gasteiger partial charge in [-0.05, 0) is 34.9 Å². The van der Waals surface area contributed by atoms with E-state index in [2.05, 4.69) is 25.3 Å². The van der Waals surface area contributed by atoms with E-state index in [0.29, 0.717) is 29.4 Å². The van der Waals surface area contributed by atoms with Crippen molar-refractivity contribution in [3.05, 3.63) is 82.5 Å². The smallest absolute Gasteiger partial charge is 0.366 e. The molecular formula is C20H17Cl3F3N5. The Labute approximate surface area is 193 Å². The van der Waals surface area contributed by atoms with E-state index in [1.165, 1.54) is 12.3 Å². The van der Waals surface area contributed by atoms with E-state index in [9.17, 15) is 13.2 Å². The minimum absolute atomic E-state index is 0. The van der Waals surface area contributed by atoms with Crippen molar-refractivity contribution in [1.82, 2.24) is 19.9 Å². The van der Waals surface area contributed by atoms with Gasteiger partial charge in [-0.2, -0.15) is 13.2 Å². The van der Waals surface area contributed by atoms with Crippen molar-refractivity contribution < 1.29 is 13.2 Å². The molecule has 0 amide bonds. The molecule has 0 saturated heterocycles. The van der Waals surface area contributed by atoms with E-state index in [4.69, 9.17) is 11.6 Å². The molecule has 164 valence electrons. The van der Waals surface area contributed by atoms with Crippen LogP contribution in [0.3, 0.4) is 0 Å². The van der Waals surface area contributed by atoms with Crippen molar-refractivity contribution >= 4 is 53.3 Å². The molecule has 31 heavy (non-hydrogen) atoms. The Kier molecular flexibility index (Phi) is 8.11. The first kappa shape index (κ1) is 24.7. The van der Waals surface area contributed by atoms with Gasteiger partial charge in [0.2, 0.25) is 0 Å². The van der Waals surface area contributed by atoms with Gasteiger partial charge >= 0.3 is 6.18 Å². The summed E-state index contributed by atoms with van der Waals surface area (Å²) in [4.78, 5) is 15.2. The molecule has 0 radical (unpaired) electrons. The Morgan fingerprint density at radius 1 is 0.935 bits per heavy atom. The molecule has 0 aliphatic carbocycles. The summed E-state index contributed by atoms with van der Waals surface area (Å²) in [6, 6.07) is 8.00. The van der Waals surface area contributed by atoms with Crippen molar-refractivity contribution in [3.63, 3.8) is 0 Å². The number of fused-ring (bicyclic) bond motifs is 1. The molecule has 0 spiro atoms. The first-order valence-electron chi connectivity index (χ1n) is 8.71. The second-order valence-corrected chi connectivity index (χ2v) is 6.93. The Bertz CT molecular complexity index is 1130. The van der Waals surface area contributed by atoms with Crippen LogP contribution in [-0.4, -0.2) is 19.9 Å². The summed E-state index contributed by atoms with van der Waals surface area (Å²) < 4.78 is 37.6. The van der Waals surface area contributed by atoms with E-state index >= 15 is 0 Å². The van der Waals surface area contributed by atoms with Gasteiger partial charge in [-0.25, -0.2) is 9.97 Å². The molecule has 0 aliphatic rings. The molecule has 5 nitrogen and oxygen atoms in total. The fraction of sp³-hybridized carbons (Fsp3) is 0.150. The number of hydrogen-bond acceptors (Lipinski definition) is 4. The van der Waals surface area contributed by atoms with Crippen LogP contribution >= 0.6 is 36.4 Å². The Morgan fingerprint density at radius 2 is 1.68 bits per heavy atom. The second kappa shape index (κ2) is 10.2. The summed E-state index contributed by atoms with van der Waals surface area (Å²) in [5.74, 6) is 0.622. The van der Waals surface area contributed by atoms with Crippen LogP contribution in [0.5, 0.6) is 0 Å². The molecule has 0 fully saturated rings. The average Bonchev–Trinajstić information content (AvgIpc) is 3.09. The first-order chi connectivity index (χ1) is 13.9. The molecule has 11 heteroatoms. The van der Waals surface area contributed by atoms with Gasteiger partial charge in [-0.1, -0.05) is 23.7 Å². The van der Waals surface area contributed by atoms with E-state index < -0.39 is 11.9 Å². The van der Waals surface area contributed by atoms with E-state index in [-0.39, 0.29) is 24.8 Å². The monoisotopic (exact) mass is 489 g/mol. The molecule has 0 saturated carbocycles. The van der Waals surface area contributed by atoms with Gasteiger partial charge < -0.3 is 10.3 Å². The summed E-state index contributed by atoms with van der Waals surface area (Å²) in [6.45, 7) is 0.324. The molecular weight excluding hydrogens is 474 g/mol. The summed E-state index contributed by atoms with van der Waals surface area (Å²) in [7, 11) is 0. The lowest BCUT2D eigenvalue weighted by Crippen LogP contribution is -2.08. The number of aromatic amines is 1. The highest BCUT2D eigenvalue weighted by Crippen LogP contribution is 2.27. The predicted octanol–water partition coefficient (Wildman–Crippen LogP) is 6.07. The zero-order chi connectivity index (χ0) is 20.4. The average molecular weight is 491 g/mol. The predicted molar refractivity (Wildman–Crippen MR) is 119 cm³/mol. The van der Waals surface area contributed by atoms with Crippen LogP contribution in [0.15, 0.2) is 55.1 Å². The molecule has 0 bridgehead atoms. The fourth-order valence-corrected chi connectivity index (χ4v) is 3.08.